The Kier molecular flexibility index (Phi) is 4.87. The molecule has 0 aromatic heterocycles. The van der Waals surface area contributed by atoms with Crippen molar-refractivity contribution in [1.29, 1.82) is 0 Å². The minimum absolute atomic E-state index is 0.0176. The molecule has 106 valence electrons. The molecular weight excluding hydrogens is 306 g/mol. The highest BCUT2D eigenvalue weighted by atomic mass is 79.9. The van der Waals surface area contributed by atoms with Crippen molar-refractivity contribution in [3.8, 4) is 5.75 Å². The summed E-state index contributed by atoms with van der Waals surface area (Å²) in [5.74, 6) is 0.887. The van der Waals surface area contributed by atoms with Gasteiger partial charge in [-0.25, -0.2) is 0 Å². The average molecular weight is 328 g/mol. The SMILES string of the molecule is COc1ccc(Br)cc1CC(N)C1(C)CCCCO1. The van der Waals surface area contributed by atoms with Crippen molar-refractivity contribution in [2.45, 2.75) is 44.2 Å². The van der Waals surface area contributed by atoms with Gasteiger partial charge in [0.15, 0.2) is 0 Å². The number of benzene rings is 1. The smallest absolute Gasteiger partial charge is 0.122 e. The molecule has 1 aliphatic heterocycles. The number of hydrogen-bond acceptors (Lipinski definition) is 3. The molecule has 2 N–H and O–H groups in total. The molecule has 3 nitrogen and oxygen atoms in total. The Bertz CT molecular complexity index is 430. The molecule has 0 amide bonds. The van der Waals surface area contributed by atoms with Gasteiger partial charge in [-0.3, -0.25) is 0 Å². The van der Waals surface area contributed by atoms with Crippen molar-refractivity contribution in [1.82, 2.24) is 0 Å². The standard InChI is InChI=1S/C15H22BrNO2/c1-15(7-3-4-8-19-15)14(17)10-11-9-12(16)5-6-13(11)18-2/h5-6,9,14H,3-4,7-8,10,17H2,1-2H3. The Morgan fingerprint density at radius 3 is 2.89 bits per heavy atom. The Labute approximate surface area is 123 Å². The van der Waals surface area contributed by atoms with Gasteiger partial charge in [0, 0.05) is 17.1 Å². The van der Waals surface area contributed by atoms with Crippen molar-refractivity contribution in [3.05, 3.63) is 28.2 Å². The first-order valence-corrected chi connectivity index (χ1v) is 7.56. The Morgan fingerprint density at radius 1 is 1.47 bits per heavy atom. The monoisotopic (exact) mass is 327 g/mol. The summed E-state index contributed by atoms with van der Waals surface area (Å²) >= 11 is 3.50. The summed E-state index contributed by atoms with van der Waals surface area (Å²) in [5, 5.41) is 0. The van der Waals surface area contributed by atoms with Crippen LogP contribution in [0.4, 0.5) is 0 Å². The molecule has 2 rings (SSSR count). The Balaban J connectivity index is 2.13. The predicted molar refractivity (Wildman–Crippen MR) is 80.6 cm³/mol. The zero-order valence-corrected chi connectivity index (χ0v) is 13.2. The molecule has 1 saturated heterocycles. The van der Waals surface area contributed by atoms with Gasteiger partial charge in [-0.2, -0.15) is 0 Å². The first-order chi connectivity index (χ1) is 9.05. The van der Waals surface area contributed by atoms with Crippen LogP contribution in [0.15, 0.2) is 22.7 Å². The summed E-state index contributed by atoms with van der Waals surface area (Å²) in [4.78, 5) is 0. The van der Waals surface area contributed by atoms with E-state index in [0.29, 0.717) is 0 Å². The number of methoxy groups -OCH3 is 1. The fourth-order valence-corrected chi connectivity index (χ4v) is 3.02. The van der Waals surface area contributed by atoms with Crippen LogP contribution in [-0.4, -0.2) is 25.4 Å². The van der Waals surface area contributed by atoms with E-state index in [9.17, 15) is 0 Å². The lowest BCUT2D eigenvalue weighted by Crippen LogP contribution is -2.50. The van der Waals surface area contributed by atoms with E-state index in [1.165, 1.54) is 6.42 Å². The van der Waals surface area contributed by atoms with E-state index in [-0.39, 0.29) is 11.6 Å². The van der Waals surface area contributed by atoms with E-state index in [2.05, 4.69) is 28.9 Å². The van der Waals surface area contributed by atoms with Crippen LogP contribution in [0.25, 0.3) is 0 Å². The number of nitrogens with two attached hydrogens (primary N) is 1. The van der Waals surface area contributed by atoms with Crippen LogP contribution < -0.4 is 10.5 Å². The fraction of sp³-hybridized carbons (Fsp3) is 0.600. The van der Waals surface area contributed by atoms with Crippen LogP contribution in [0.3, 0.4) is 0 Å². The van der Waals surface area contributed by atoms with Gasteiger partial charge in [0.2, 0.25) is 0 Å². The number of hydrogen-bond donors (Lipinski definition) is 1. The van der Waals surface area contributed by atoms with Crippen molar-refractivity contribution < 1.29 is 9.47 Å². The zero-order chi connectivity index (χ0) is 13.9. The molecule has 1 aliphatic rings. The van der Waals surface area contributed by atoms with Crippen molar-refractivity contribution in [2.75, 3.05) is 13.7 Å². The maximum atomic E-state index is 6.39. The van der Waals surface area contributed by atoms with E-state index in [1.807, 2.05) is 12.1 Å². The second kappa shape index (κ2) is 6.25. The first-order valence-electron chi connectivity index (χ1n) is 6.77. The summed E-state index contributed by atoms with van der Waals surface area (Å²) in [5.41, 5.74) is 7.30. The molecule has 1 aromatic carbocycles. The van der Waals surface area contributed by atoms with Crippen LogP contribution in [-0.2, 0) is 11.2 Å². The molecule has 19 heavy (non-hydrogen) atoms. The summed E-state index contributed by atoms with van der Waals surface area (Å²) in [6.45, 7) is 2.95. The van der Waals surface area contributed by atoms with E-state index in [4.69, 9.17) is 15.2 Å². The van der Waals surface area contributed by atoms with Gasteiger partial charge < -0.3 is 15.2 Å². The molecule has 0 bridgehead atoms. The van der Waals surface area contributed by atoms with E-state index < -0.39 is 0 Å². The maximum Gasteiger partial charge on any atom is 0.122 e. The minimum atomic E-state index is -0.217. The van der Waals surface area contributed by atoms with Crippen LogP contribution in [0.5, 0.6) is 5.75 Å². The van der Waals surface area contributed by atoms with Crippen LogP contribution in [0.2, 0.25) is 0 Å². The third kappa shape index (κ3) is 3.50. The molecule has 0 aliphatic carbocycles. The lowest BCUT2D eigenvalue weighted by Gasteiger charge is -2.39. The molecular formula is C15H22BrNO2. The molecule has 0 radical (unpaired) electrons. The highest BCUT2D eigenvalue weighted by molar-refractivity contribution is 9.10. The number of ether oxygens (including phenoxy) is 2. The van der Waals surface area contributed by atoms with Crippen molar-refractivity contribution >= 4 is 15.9 Å². The fourth-order valence-electron chi connectivity index (χ4n) is 2.61. The lowest BCUT2D eigenvalue weighted by atomic mass is 9.85. The largest absolute Gasteiger partial charge is 0.496 e. The average Bonchev–Trinajstić information content (AvgIpc) is 2.40. The molecule has 1 aromatic rings. The van der Waals surface area contributed by atoms with Gasteiger partial charge in [0.25, 0.3) is 0 Å². The summed E-state index contributed by atoms with van der Waals surface area (Å²) < 4.78 is 12.4. The van der Waals surface area contributed by atoms with Gasteiger partial charge in [-0.15, -0.1) is 0 Å². The highest BCUT2D eigenvalue weighted by Crippen LogP contribution is 2.31. The predicted octanol–water partition coefficient (Wildman–Crippen LogP) is 3.29. The molecule has 1 fully saturated rings. The van der Waals surface area contributed by atoms with Crippen LogP contribution in [0.1, 0.15) is 31.7 Å². The van der Waals surface area contributed by atoms with Gasteiger partial charge in [0.1, 0.15) is 5.75 Å². The lowest BCUT2D eigenvalue weighted by molar-refractivity contribution is -0.0809. The Morgan fingerprint density at radius 2 is 2.26 bits per heavy atom. The van der Waals surface area contributed by atoms with Gasteiger partial charge >= 0.3 is 0 Å². The summed E-state index contributed by atoms with van der Waals surface area (Å²) in [6.07, 6.45) is 4.13. The zero-order valence-electron chi connectivity index (χ0n) is 11.6. The Hall–Kier alpha value is -0.580. The van der Waals surface area contributed by atoms with E-state index >= 15 is 0 Å². The topological polar surface area (TPSA) is 44.5 Å². The van der Waals surface area contributed by atoms with Gasteiger partial charge in [0.05, 0.1) is 12.7 Å². The van der Waals surface area contributed by atoms with Crippen molar-refractivity contribution in [3.63, 3.8) is 0 Å². The molecule has 2 atom stereocenters. The molecule has 0 spiro atoms. The molecule has 0 saturated carbocycles. The second-order valence-electron chi connectivity index (χ2n) is 5.39. The third-order valence-electron chi connectivity index (χ3n) is 3.97. The summed E-state index contributed by atoms with van der Waals surface area (Å²) in [7, 11) is 1.69. The molecule has 1 heterocycles. The summed E-state index contributed by atoms with van der Waals surface area (Å²) in [6, 6.07) is 6.00. The van der Waals surface area contributed by atoms with E-state index in [0.717, 1.165) is 41.7 Å². The maximum absolute atomic E-state index is 6.39. The van der Waals surface area contributed by atoms with Gasteiger partial charge in [-0.1, -0.05) is 15.9 Å². The van der Waals surface area contributed by atoms with E-state index in [1.54, 1.807) is 7.11 Å². The van der Waals surface area contributed by atoms with Gasteiger partial charge in [-0.05, 0) is 56.4 Å². The number of halogens is 1. The van der Waals surface area contributed by atoms with Crippen LogP contribution in [0, 0.1) is 0 Å². The minimum Gasteiger partial charge on any atom is -0.496 e. The highest BCUT2D eigenvalue weighted by Gasteiger charge is 2.34. The van der Waals surface area contributed by atoms with Crippen LogP contribution >= 0.6 is 15.9 Å². The van der Waals surface area contributed by atoms with Crippen molar-refractivity contribution in [2.24, 2.45) is 5.73 Å². The third-order valence-corrected chi connectivity index (χ3v) is 4.46. The molecule has 2 unspecified atom stereocenters. The first kappa shape index (κ1) is 14.8. The quantitative estimate of drug-likeness (QED) is 0.922. The second-order valence-corrected chi connectivity index (χ2v) is 6.30. The molecule has 4 heteroatoms. The normalized spacial score (nSPS) is 25.1. The number of rotatable bonds is 4.